The molecule has 160 valence electrons. The quantitative estimate of drug-likeness (QED) is 0.767. The van der Waals surface area contributed by atoms with Crippen molar-refractivity contribution in [2.45, 2.75) is 88.6 Å². The molecule has 1 aromatic carbocycles. The summed E-state index contributed by atoms with van der Waals surface area (Å²) in [6.07, 6.45) is 8.24. The SMILES string of the molecule is CC(C)(C)c1nc2cc(S(=O)NC3CCCCC3)ccc2n1CC1CCOCC1. The van der Waals surface area contributed by atoms with Crippen LogP contribution in [0.15, 0.2) is 23.1 Å². The van der Waals surface area contributed by atoms with E-state index in [4.69, 9.17) is 9.72 Å². The summed E-state index contributed by atoms with van der Waals surface area (Å²) in [5.74, 6) is 1.74. The van der Waals surface area contributed by atoms with Gasteiger partial charge >= 0.3 is 0 Å². The van der Waals surface area contributed by atoms with E-state index in [0.717, 1.165) is 67.2 Å². The standard InChI is InChI=1S/C23H35N3O2S/c1-23(2,3)22-24-20-15-19(29(27)25-18-7-5-4-6-8-18)9-10-21(20)26(22)16-17-11-13-28-14-12-17/h9-10,15,17-18,25H,4-8,11-14,16H2,1-3H3. The molecule has 2 aromatic rings. The van der Waals surface area contributed by atoms with Crippen LogP contribution < -0.4 is 4.72 Å². The van der Waals surface area contributed by atoms with Crippen LogP contribution in [0.3, 0.4) is 0 Å². The van der Waals surface area contributed by atoms with Crippen molar-refractivity contribution in [2.75, 3.05) is 13.2 Å². The highest BCUT2D eigenvalue weighted by atomic mass is 32.2. The van der Waals surface area contributed by atoms with E-state index < -0.39 is 11.0 Å². The number of fused-ring (bicyclic) bond motifs is 1. The third-order valence-corrected chi connectivity index (χ3v) is 7.49. The fourth-order valence-electron chi connectivity index (χ4n) is 4.61. The minimum Gasteiger partial charge on any atom is -0.381 e. The number of ether oxygens (including phenoxy) is 1. The van der Waals surface area contributed by atoms with E-state index >= 15 is 0 Å². The van der Waals surface area contributed by atoms with E-state index in [0.29, 0.717) is 12.0 Å². The number of hydrogen-bond acceptors (Lipinski definition) is 3. The van der Waals surface area contributed by atoms with Crippen molar-refractivity contribution < 1.29 is 8.95 Å². The zero-order chi connectivity index (χ0) is 20.4. The minimum absolute atomic E-state index is 0.0378. The highest BCUT2D eigenvalue weighted by molar-refractivity contribution is 7.83. The van der Waals surface area contributed by atoms with Gasteiger partial charge in [0.1, 0.15) is 16.8 Å². The number of imidazole rings is 1. The lowest BCUT2D eigenvalue weighted by molar-refractivity contribution is 0.0611. The molecular weight excluding hydrogens is 382 g/mol. The summed E-state index contributed by atoms with van der Waals surface area (Å²) in [5, 5.41) is 0. The zero-order valence-corrected chi connectivity index (χ0v) is 18.9. The van der Waals surface area contributed by atoms with E-state index in [1.165, 1.54) is 19.3 Å². The van der Waals surface area contributed by atoms with Crippen molar-refractivity contribution >= 4 is 22.0 Å². The van der Waals surface area contributed by atoms with Gasteiger partial charge in [-0.15, -0.1) is 0 Å². The Morgan fingerprint density at radius 1 is 1.14 bits per heavy atom. The predicted molar refractivity (Wildman–Crippen MR) is 118 cm³/mol. The summed E-state index contributed by atoms with van der Waals surface area (Å²) >= 11 is 0. The molecule has 2 heterocycles. The van der Waals surface area contributed by atoms with Crippen LogP contribution in [-0.4, -0.2) is 33.0 Å². The number of hydrogen-bond donors (Lipinski definition) is 1. The molecule has 0 radical (unpaired) electrons. The molecule has 0 spiro atoms. The zero-order valence-electron chi connectivity index (χ0n) is 18.1. The maximum absolute atomic E-state index is 12.9. The number of benzene rings is 1. The fourth-order valence-corrected chi connectivity index (χ4v) is 5.69. The molecule has 6 heteroatoms. The van der Waals surface area contributed by atoms with Crippen molar-refractivity contribution in [3.8, 4) is 0 Å². The monoisotopic (exact) mass is 417 g/mol. The second-order valence-corrected chi connectivity index (χ2v) is 11.0. The Labute approximate surface area is 177 Å². The van der Waals surface area contributed by atoms with Crippen LogP contribution in [0.1, 0.15) is 71.5 Å². The van der Waals surface area contributed by atoms with Gasteiger partial charge in [-0.1, -0.05) is 40.0 Å². The lowest BCUT2D eigenvalue weighted by Crippen LogP contribution is -2.32. The summed E-state index contributed by atoms with van der Waals surface area (Å²) in [7, 11) is -1.18. The highest BCUT2D eigenvalue weighted by Crippen LogP contribution is 2.30. The van der Waals surface area contributed by atoms with Gasteiger partial charge in [0, 0.05) is 31.2 Å². The van der Waals surface area contributed by atoms with Crippen molar-refractivity contribution in [1.29, 1.82) is 0 Å². The molecule has 4 rings (SSSR count). The Bertz CT molecular complexity index is 859. The van der Waals surface area contributed by atoms with Crippen LogP contribution in [0.2, 0.25) is 0 Å². The molecule has 0 amide bonds. The lowest BCUT2D eigenvalue weighted by atomic mass is 9.94. The molecule has 5 nitrogen and oxygen atoms in total. The molecule has 2 fully saturated rings. The molecule has 1 saturated heterocycles. The normalized spacial score (nSPS) is 20.9. The molecule has 1 aromatic heterocycles. The molecule has 2 aliphatic rings. The smallest absolute Gasteiger partial charge is 0.125 e. The van der Waals surface area contributed by atoms with Crippen molar-refractivity contribution in [1.82, 2.24) is 14.3 Å². The molecule has 29 heavy (non-hydrogen) atoms. The van der Waals surface area contributed by atoms with E-state index in [1.54, 1.807) is 0 Å². The summed E-state index contributed by atoms with van der Waals surface area (Å²) in [5.41, 5.74) is 2.07. The Balaban J connectivity index is 1.61. The average molecular weight is 418 g/mol. The first kappa shape index (κ1) is 21.0. The molecule has 1 aliphatic heterocycles. The largest absolute Gasteiger partial charge is 0.381 e. The van der Waals surface area contributed by atoms with Gasteiger partial charge < -0.3 is 9.30 Å². The van der Waals surface area contributed by atoms with Gasteiger partial charge in [-0.05, 0) is 49.8 Å². The Morgan fingerprint density at radius 3 is 2.55 bits per heavy atom. The molecular formula is C23H35N3O2S. The van der Waals surface area contributed by atoms with Crippen LogP contribution in [0.5, 0.6) is 0 Å². The molecule has 1 aliphatic carbocycles. The van der Waals surface area contributed by atoms with Crippen LogP contribution in [0.4, 0.5) is 0 Å². The third-order valence-electron chi connectivity index (χ3n) is 6.27. The predicted octanol–water partition coefficient (Wildman–Crippen LogP) is 4.71. The van der Waals surface area contributed by atoms with Gasteiger partial charge in [0.25, 0.3) is 0 Å². The van der Waals surface area contributed by atoms with Crippen LogP contribution in [-0.2, 0) is 27.7 Å². The molecule has 0 bridgehead atoms. The van der Waals surface area contributed by atoms with Gasteiger partial charge in [-0.2, -0.15) is 0 Å². The first-order valence-corrected chi connectivity index (χ1v) is 12.3. The number of nitrogens with one attached hydrogen (secondary N) is 1. The van der Waals surface area contributed by atoms with Gasteiger partial charge in [-0.25, -0.2) is 13.9 Å². The van der Waals surface area contributed by atoms with Gasteiger partial charge in [0.2, 0.25) is 0 Å². The van der Waals surface area contributed by atoms with Crippen molar-refractivity contribution in [2.24, 2.45) is 5.92 Å². The number of nitrogens with zero attached hydrogens (tertiary/aromatic N) is 2. The fraction of sp³-hybridized carbons (Fsp3) is 0.696. The highest BCUT2D eigenvalue weighted by Gasteiger charge is 2.26. The summed E-state index contributed by atoms with van der Waals surface area (Å²) in [6, 6.07) is 6.53. The summed E-state index contributed by atoms with van der Waals surface area (Å²) in [6.45, 7) is 9.36. The maximum atomic E-state index is 12.9. The molecule has 1 saturated carbocycles. The second-order valence-electron chi connectivity index (χ2n) is 9.72. The van der Waals surface area contributed by atoms with E-state index in [9.17, 15) is 4.21 Å². The average Bonchev–Trinajstić information content (AvgIpc) is 3.08. The second kappa shape index (κ2) is 8.86. The van der Waals surface area contributed by atoms with Crippen LogP contribution in [0.25, 0.3) is 11.0 Å². The molecule has 1 unspecified atom stereocenters. The topological polar surface area (TPSA) is 56.2 Å². The maximum Gasteiger partial charge on any atom is 0.125 e. The van der Waals surface area contributed by atoms with Crippen molar-refractivity contribution in [3.05, 3.63) is 24.0 Å². The van der Waals surface area contributed by atoms with E-state index in [1.807, 2.05) is 12.1 Å². The summed E-state index contributed by atoms with van der Waals surface area (Å²) < 4.78 is 24.2. The third kappa shape index (κ3) is 4.92. The van der Waals surface area contributed by atoms with Crippen LogP contribution >= 0.6 is 0 Å². The molecule has 1 atom stereocenters. The Morgan fingerprint density at radius 2 is 1.86 bits per heavy atom. The van der Waals surface area contributed by atoms with E-state index in [-0.39, 0.29) is 5.41 Å². The van der Waals surface area contributed by atoms with Gasteiger partial charge in [0.05, 0.1) is 15.9 Å². The van der Waals surface area contributed by atoms with Gasteiger partial charge in [-0.3, -0.25) is 0 Å². The first-order valence-electron chi connectivity index (χ1n) is 11.2. The summed E-state index contributed by atoms with van der Waals surface area (Å²) in [4.78, 5) is 5.84. The van der Waals surface area contributed by atoms with Crippen LogP contribution in [0, 0.1) is 5.92 Å². The Hall–Kier alpha value is -1.24. The first-order chi connectivity index (χ1) is 13.9. The number of aromatic nitrogens is 2. The minimum atomic E-state index is -1.18. The van der Waals surface area contributed by atoms with Gasteiger partial charge in [0.15, 0.2) is 0 Å². The van der Waals surface area contributed by atoms with E-state index in [2.05, 4.69) is 36.1 Å². The molecule has 1 N–H and O–H groups in total. The lowest BCUT2D eigenvalue weighted by Gasteiger charge is -2.26. The Kier molecular flexibility index (Phi) is 6.42. The number of rotatable bonds is 5. The van der Waals surface area contributed by atoms with Crippen molar-refractivity contribution in [3.63, 3.8) is 0 Å².